The van der Waals surface area contributed by atoms with E-state index >= 15 is 0 Å². The number of benzene rings is 1. The Morgan fingerprint density at radius 2 is 2.18 bits per heavy atom. The van der Waals surface area contributed by atoms with Crippen molar-refractivity contribution in [3.8, 4) is 5.75 Å². The minimum Gasteiger partial charge on any atom is -0.497 e. The number of carbonyl (C=O) groups excluding carboxylic acids is 1. The average Bonchev–Trinajstić information content (AvgIpc) is 3.06. The van der Waals surface area contributed by atoms with Crippen molar-refractivity contribution >= 4 is 11.9 Å². The average molecular weight is 306 g/mol. The molecule has 0 aromatic heterocycles. The molecular weight excluding hydrogens is 284 g/mol. The van der Waals surface area contributed by atoms with E-state index in [1.807, 2.05) is 6.92 Å². The first-order valence-electron chi connectivity index (χ1n) is 7.47. The molecule has 1 N–H and O–H groups in total. The van der Waals surface area contributed by atoms with Gasteiger partial charge in [-0.25, -0.2) is 4.99 Å². The van der Waals surface area contributed by atoms with E-state index in [4.69, 9.17) is 14.2 Å². The summed E-state index contributed by atoms with van der Waals surface area (Å²) in [7, 11) is 1.58. The first kappa shape index (κ1) is 16.3. The van der Waals surface area contributed by atoms with Crippen LogP contribution >= 0.6 is 0 Å². The monoisotopic (exact) mass is 306 g/mol. The second-order valence-electron chi connectivity index (χ2n) is 4.90. The van der Waals surface area contributed by atoms with E-state index < -0.39 is 0 Å². The van der Waals surface area contributed by atoms with Crippen molar-refractivity contribution in [1.82, 2.24) is 5.32 Å². The van der Waals surface area contributed by atoms with Gasteiger partial charge in [-0.15, -0.1) is 0 Å². The normalized spacial score (nSPS) is 18.1. The summed E-state index contributed by atoms with van der Waals surface area (Å²) in [5.41, 5.74) is 0.519. The third-order valence-electron chi connectivity index (χ3n) is 3.32. The molecule has 0 spiro atoms. The number of carbonyl (C=O) groups is 1. The summed E-state index contributed by atoms with van der Waals surface area (Å²) in [4.78, 5) is 16.5. The van der Waals surface area contributed by atoms with Crippen molar-refractivity contribution < 1.29 is 19.0 Å². The van der Waals surface area contributed by atoms with Crippen LogP contribution in [-0.4, -0.2) is 44.9 Å². The Bertz CT molecular complexity index is 507. The molecule has 1 aromatic carbocycles. The minimum absolute atomic E-state index is 0.119. The molecular formula is C16H22N2O4. The van der Waals surface area contributed by atoms with Crippen LogP contribution in [0.4, 0.5) is 0 Å². The molecule has 120 valence electrons. The van der Waals surface area contributed by atoms with Gasteiger partial charge in [0.05, 0.1) is 26.4 Å². The van der Waals surface area contributed by atoms with E-state index in [-0.39, 0.29) is 18.0 Å². The second-order valence-corrected chi connectivity index (χ2v) is 4.90. The fourth-order valence-electron chi connectivity index (χ4n) is 2.14. The molecule has 6 heteroatoms. The third kappa shape index (κ3) is 4.73. The van der Waals surface area contributed by atoms with Crippen LogP contribution in [0.1, 0.15) is 30.1 Å². The SMILES string of the molecule is CCOC(=NCC1CCCO1)NC(=O)c1ccc(OC)cc1. The molecule has 1 amide bonds. The number of hydrogen-bond acceptors (Lipinski definition) is 5. The Hall–Kier alpha value is -2.08. The van der Waals surface area contributed by atoms with Gasteiger partial charge in [0.1, 0.15) is 5.75 Å². The van der Waals surface area contributed by atoms with Gasteiger partial charge in [0.2, 0.25) is 0 Å². The zero-order valence-electron chi connectivity index (χ0n) is 13.0. The van der Waals surface area contributed by atoms with Crippen LogP contribution in [0.5, 0.6) is 5.75 Å². The fraction of sp³-hybridized carbons (Fsp3) is 0.500. The molecule has 22 heavy (non-hydrogen) atoms. The Balaban J connectivity index is 1.95. The van der Waals surface area contributed by atoms with Crippen LogP contribution < -0.4 is 10.1 Å². The molecule has 0 saturated carbocycles. The molecule has 6 nitrogen and oxygen atoms in total. The predicted molar refractivity (Wildman–Crippen MR) is 83.4 cm³/mol. The van der Waals surface area contributed by atoms with Crippen molar-refractivity contribution in [3.63, 3.8) is 0 Å². The summed E-state index contributed by atoms with van der Waals surface area (Å²) < 4.78 is 16.0. The minimum atomic E-state index is -0.262. The van der Waals surface area contributed by atoms with Gasteiger partial charge in [0.25, 0.3) is 11.9 Å². The van der Waals surface area contributed by atoms with Crippen molar-refractivity contribution in [1.29, 1.82) is 0 Å². The van der Waals surface area contributed by atoms with Gasteiger partial charge in [-0.3, -0.25) is 10.1 Å². The molecule has 1 aromatic rings. The van der Waals surface area contributed by atoms with E-state index in [0.29, 0.717) is 24.5 Å². The lowest BCUT2D eigenvalue weighted by atomic mass is 10.2. The van der Waals surface area contributed by atoms with Crippen LogP contribution in [0.15, 0.2) is 29.3 Å². The quantitative estimate of drug-likeness (QED) is 0.667. The van der Waals surface area contributed by atoms with Crippen LogP contribution in [0.3, 0.4) is 0 Å². The maximum atomic E-state index is 12.2. The third-order valence-corrected chi connectivity index (χ3v) is 3.32. The summed E-state index contributed by atoms with van der Waals surface area (Å²) in [6.07, 6.45) is 2.17. The van der Waals surface area contributed by atoms with Crippen molar-refractivity contribution in [2.24, 2.45) is 4.99 Å². The number of nitrogens with one attached hydrogen (secondary N) is 1. The molecule has 1 atom stereocenters. The Kier molecular flexibility index (Phi) is 6.21. The van der Waals surface area contributed by atoms with E-state index in [1.54, 1.807) is 31.4 Å². The Labute approximate surface area is 130 Å². The second kappa shape index (κ2) is 8.38. The molecule has 1 fully saturated rings. The lowest BCUT2D eigenvalue weighted by Crippen LogP contribution is -2.33. The number of amides is 1. The van der Waals surface area contributed by atoms with Crippen molar-refractivity contribution in [2.45, 2.75) is 25.9 Å². The summed E-state index contributed by atoms with van der Waals surface area (Å²) in [6.45, 7) is 3.56. The summed E-state index contributed by atoms with van der Waals surface area (Å²) in [5, 5.41) is 2.69. The number of aliphatic imine (C=N–C) groups is 1. The van der Waals surface area contributed by atoms with Gasteiger partial charge in [0, 0.05) is 12.2 Å². The summed E-state index contributed by atoms with van der Waals surface area (Å²) in [6, 6.07) is 7.09. The van der Waals surface area contributed by atoms with Gasteiger partial charge in [-0.05, 0) is 44.0 Å². The molecule has 1 unspecified atom stereocenters. The maximum Gasteiger partial charge on any atom is 0.291 e. The molecule has 1 heterocycles. The Morgan fingerprint density at radius 1 is 1.41 bits per heavy atom. The highest BCUT2D eigenvalue weighted by atomic mass is 16.5. The summed E-state index contributed by atoms with van der Waals surface area (Å²) in [5.74, 6) is 0.441. The highest BCUT2D eigenvalue weighted by molar-refractivity contribution is 6.04. The molecule has 0 aliphatic carbocycles. The van der Waals surface area contributed by atoms with Gasteiger partial charge >= 0.3 is 0 Å². The fourth-order valence-corrected chi connectivity index (χ4v) is 2.14. The topological polar surface area (TPSA) is 69.2 Å². The summed E-state index contributed by atoms with van der Waals surface area (Å²) >= 11 is 0. The Morgan fingerprint density at radius 3 is 2.77 bits per heavy atom. The largest absolute Gasteiger partial charge is 0.497 e. The van der Waals surface area contributed by atoms with E-state index in [0.717, 1.165) is 19.4 Å². The van der Waals surface area contributed by atoms with Crippen molar-refractivity contribution in [2.75, 3.05) is 26.9 Å². The van der Waals surface area contributed by atoms with Gasteiger partial charge in [-0.2, -0.15) is 0 Å². The number of methoxy groups -OCH3 is 1. The first-order chi connectivity index (χ1) is 10.7. The lowest BCUT2D eigenvalue weighted by Gasteiger charge is -2.11. The highest BCUT2D eigenvalue weighted by Crippen LogP contribution is 2.12. The van der Waals surface area contributed by atoms with Crippen molar-refractivity contribution in [3.05, 3.63) is 29.8 Å². The molecule has 0 radical (unpaired) electrons. The van der Waals surface area contributed by atoms with Gasteiger partial charge < -0.3 is 14.2 Å². The number of amidine groups is 1. The standard InChI is InChI=1S/C16H22N2O4/c1-3-21-16(17-11-14-5-4-10-22-14)18-15(19)12-6-8-13(20-2)9-7-12/h6-9,14H,3-5,10-11H2,1-2H3,(H,17,18,19). The first-order valence-corrected chi connectivity index (χ1v) is 7.47. The van der Waals surface area contributed by atoms with E-state index in [1.165, 1.54) is 0 Å². The van der Waals surface area contributed by atoms with E-state index in [9.17, 15) is 4.79 Å². The number of hydrogen-bond donors (Lipinski definition) is 1. The number of ether oxygens (including phenoxy) is 3. The van der Waals surface area contributed by atoms with E-state index in [2.05, 4.69) is 10.3 Å². The highest BCUT2D eigenvalue weighted by Gasteiger charge is 2.16. The van der Waals surface area contributed by atoms with Gasteiger partial charge in [0.15, 0.2) is 0 Å². The lowest BCUT2D eigenvalue weighted by molar-refractivity contribution is 0.0963. The van der Waals surface area contributed by atoms with Crippen LogP contribution in [0, 0.1) is 0 Å². The molecule has 0 bridgehead atoms. The molecule has 1 saturated heterocycles. The number of nitrogens with zero attached hydrogens (tertiary/aromatic N) is 1. The molecule has 1 aliphatic rings. The smallest absolute Gasteiger partial charge is 0.291 e. The number of rotatable bonds is 5. The zero-order valence-corrected chi connectivity index (χ0v) is 13.0. The maximum absolute atomic E-state index is 12.2. The van der Waals surface area contributed by atoms with Crippen LogP contribution in [-0.2, 0) is 9.47 Å². The predicted octanol–water partition coefficient (Wildman–Crippen LogP) is 2.00. The van der Waals surface area contributed by atoms with Gasteiger partial charge in [-0.1, -0.05) is 0 Å². The molecule has 2 rings (SSSR count). The van der Waals surface area contributed by atoms with Crippen LogP contribution in [0.25, 0.3) is 0 Å². The zero-order chi connectivity index (χ0) is 15.8. The van der Waals surface area contributed by atoms with Crippen LogP contribution in [0.2, 0.25) is 0 Å². The molecule has 1 aliphatic heterocycles.